The summed E-state index contributed by atoms with van der Waals surface area (Å²) in [5.41, 5.74) is 8.73. The number of amides is 1. The number of hydrogen-bond donors (Lipinski definition) is 2. The summed E-state index contributed by atoms with van der Waals surface area (Å²) in [5.74, 6) is -0.195. The van der Waals surface area contributed by atoms with Crippen LogP contribution in [-0.2, 0) is 11.2 Å². The minimum atomic E-state index is -0.647. The van der Waals surface area contributed by atoms with Crippen LogP contribution in [0.5, 0.6) is 0 Å². The molecule has 0 bridgehead atoms. The van der Waals surface area contributed by atoms with Gasteiger partial charge in [0, 0.05) is 5.69 Å². The topological polar surface area (TPSA) is 55.1 Å². The van der Waals surface area contributed by atoms with E-state index in [0.29, 0.717) is 0 Å². The molecule has 0 spiro atoms. The number of hydrogen-bond acceptors (Lipinski definition) is 2. The highest BCUT2D eigenvalue weighted by molar-refractivity contribution is 5.95. The van der Waals surface area contributed by atoms with E-state index in [-0.39, 0.29) is 5.91 Å². The fourth-order valence-corrected chi connectivity index (χ4v) is 1.90. The molecule has 0 unspecified atom stereocenters. The smallest absolute Gasteiger partial charge is 0.245 e. The predicted octanol–water partition coefficient (Wildman–Crippen LogP) is 2.89. The van der Waals surface area contributed by atoms with Gasteiger partial charge in [-0.25, -0.2) is 0 Å². The number of carbonyl (C=O) groups is 1. The maximum Gasteiger partial charge on any atom is 0.245 e. The van der Waals surface area contributed by atoms with Crippen LogP contribution in [0.4, 0.5) is 5.69 Å². The zero-order chi connectivity index (χ0) is 13.7. The zero-order valence-electron chi connectivity index (χ0n) is 11.0. The van der Waals surface area contributed by atoms with Crippen molar-refractivity contribution in [1.82, 2.24) is 0 Å². The van der Waals surface area contributed by atoms with E-state index in [1.54, 1.807) is 0 Å². The Labute approximate surface area is 113 Å². The quantitative estimate of drug-likeness (QED) is 0.881. The second-order valence-electron chi connectivity index (χ2n) is 4.43. The van der Waals surface area contributed by atoms with E-state index in [9.17, 15) is 4.79 Å². The molecule has 1 amide bonds. The Balaban J connectivity index is 2.08. The van der Waals surface area contributed by atoms with Crippen molar-refractivity contribution in [1.29, 1.82) is 0 Å². The van der Waals surface area contributed by atoms with Gasteiger partial charge in [-0.2, -0.15) is 0 Å². The average Bonchev–Trinajstić information content (AvgIpc) is 2.47. The Hall–Kier alpha value is -2.13. The largest absolute Gasteiger partial charge is 0.324 e. The molecule has 0 aliphatic carbocycles. The third-order valence-corrected chi connectivity index (χ3v) is 3.04. The van der Waals surface area contributed by atoms with Gasteiger partial charge in [0.05, 0.1) is 0 Å². The molecular weight excluding hydrogens is 236 g/mol. The fourth-order valence-electron chi connectivity index (χ4n) is 1.90. The van der Waals surface area contributed by atoms with E-state index in [4.69, 9.17) is 5.73 Å². The van der Waals surface area contributed by atoms with Crippen LogP contribution in [0.1, 0.15) is 24.1 Å². The average molecular weight is 254 g/mol. The molecule has 0 aliphatic heterocycles. The summed E-state index contributed by atoms with van der Waals surface area (Å²) in [6, 6.07) is 16.5. The molecule has 0 aromatic heterocycles. The molecule has 0 aliphatic rings. The molecule has 3 N–H and O–H groups in total. The fraction of sp³-hybridized carbons (Fsp3) is 0.188. The summed E-state index contributed by atoms with van der Waals surface area (Å²) >= 11 is 0. The monoisotopic (exact) mass is 254 g/mol. The molecule has 0 heterocycles. The first-order valence-electron chi connectivity index (χ1n) is 6.41. The molecule has 3 nitrogen and oxygen atoms in total. The number of benzene rings is 2. The van der Waals surface area contributed by atoms with Gasteiger partial charge in [0.25, 0.3) is 0 Å². The van der Waals surface area contributed by atoms with E-state index in [2.05, 4.69) is 12.2 Å². The molecule has 19 heavy (non-hydrogen) atoms. The van der Waals surface area contributed by atoms with Gasteiger partial charge in [0.2, 0.25) is 5.91 Å². The molecule has 1 atom stereocenters. The summed E-state index contributed by atoms with van der Waals surface area (Å²) in [6.07, 6.45) is 0.939. The summed E-state index contributed by atoms with van der Waals surface area (Å²) in [6.45, 7) is 2.08. The summed E-state index contributed by atoms with van der Waals surface area (Å²) < 4.78 is 0. The van der Waals surface area contributed by atoms with Gasteiger partial charge < -0.3 is 11.1 Å². The van der Waals surface area contributed by atoms with Gasteiger partial charge in [-0.05, 0) is 29.7 Å². The van der Waals surface area contributed by atoms with Crippen LogP contribution in [0.3, 0.4) is 0 Å². The van der Waals surface area contributed by atoms with Crippen LogP contribution in [0.15, 0.2) is 54.6 Å². The molecule has 0 saturated carbocycles. The van der Waals surface area contributed by atoms with E-state index >= 15 is 0 Å². The molecule has 98 valence electrons. The first-order valence-corrected chi connectivity index (χ1v) is 6.41. The van der Waals surface area contributed by atoms with Crippen molar-refractivity contribution >= 4 is 11.6 Å². The van der Waals surface area contributed by atoms with Crippen molar-refractivity contribution in [2.24, 2.45) is 5.73 Å². The van der Waals surface area contributed by atoms with Gasteiger partial charge >= 0.3 is 0 Å². The van der Waals surface area contributed by atoms with E-state index in [1.807, 2.05) is 54.6 Å². The third kappa shape index (κ3) is 3.42. The Morgan fingerprint density at radius 1 is 1.16 bits per heavy atom. The Morgan fingerprint density at radius 3 is 2.58 bits per heavy atom. The maximum absolute atomic E-state index is 12.1. The van der Waals surface area contributed by atoms with Crippen LogP contribution in [0, 0.1) is 0 Å². The molecule has 0 radical (unpaired) electrons. The van der Waals surface area contributed by atoms with Crippen molar-refractivity contribution in [3.63, 3.8) is 0 Å². The Bertz CT molecular complexity index is 552. The summed E-state index contributed by atoms with van der Waals surface area (Å²) in [7, 11) is 0. The normalized spacial score (nSPS) is 11.9. The van der Waals surface area contributed by atoms with Crippen LogP contribution >= 0.6 is 0 Å². The standard InChI is InChI=1S/C16H18N2O/c1-2-12-7-6-10-14(11-12)18-16(19)15(17)13-8-4-3-5-9-13/h3-11,15H,2,17H2,1H3,(H,18,19)/t15-/m1/s1. The number of anilines is 1. The molecule has 3 heteroatoms. The maximum atomic E-state index is 12.1. The van der Waals surface area contributed by atoms with Crippen LogP contribution in [-0.4, -0.2) is 5.91 Å². The number of nitrogens with one attached hydrogen (secondary N) is 1. The van der Waals surface area contributed by atoms with Gasteiger partial charge in [0.1, 0.15) is 6.04 Å². The molecular formula is C16H18N2O. The van der Waals surface area contributed by atoms with E-state index < -0.39 is 6.04 Å². The van der Waals surface area contributed by atoms with Crippen LogP contribution in [0.25, 0.3) is 0 Å². The van der Waals surface area contributed by atoms with Crippen molar-refractivity contribution < 1.29 is 4.79 Å². The lowest BCUT2D eigenvalue weighted by Crippen LogP contribution is -2.27. The Kier molecular flexibility index (Phi) is 4.31. The minimum Gasteiger partial charge on any atom is -0.324 e. The Morgan fingerprint density at radius 2 is 1.89 bits per heavy atom. The van der Waals surface area contributed by atoms with Gasteiger partial charge in [-0.1, -0.05) is 49.4 Å². The number of carbonyl (C=O) groups excluding carboxylic acids is 1. The lowest BCUT2D eigenvalue weighted by atomic mass is 10.1. The summed E-state index contributed by atoms with van der Waals surface area (Å²) in [5, 5.41) is 2.85. The van der Waals surface area contributed by atoms with Crippen molar-refractivity contribution in [2.45, 2.75) is 19.4 Å². The summed E-state index contributed by atoms with van der Waals surface area (Å²) in [4.78, 5) is 12.1. The van der Waals surface area contributed by atoms with Crippen LogP contribution in [0.2, 0.25) is 0 Å². The molecule has 0 saturated heterocycles. The first-order chi connectivity index (χ1) is 9.20. The van der Waals surface area contributed by atoms with Gasteiger partial charge in [0.15, 0.2) is 0 Å². The number of aryl methyl sites for hydroxylation is 1. The predicted molar refractivity (Wildman–Crippen MR) is 77.8 cm³/mol. The van der Waals surface area contributed by atoms with E-state index in [0.717, 1.165) is 17.7 Å². The van der Waals surface area contributed by atoms with Crippen molar-refractivity contribution in [3.05, 3.63) is 65.7 Å². The number of rotatable bonds is 4. The van der Waals surface area contributed by atoms with Crippen LogP contribution < -0.4 is 11.1 Å². The first kappa shape index (κ1) is 13.3. The molecule has 2 aromatic rings. The van der Waals surface area contributed by atoms with Crippen molar-refractivity contribution in [2.75, 3.05) is 5.32 Å². The van der Waals surface area contributed by atoms with Gasteiger partial charge in [-0.3, -0.25) is 4.79 Å². The SMILES string of the molecule is CCc1cccc(NC(=O)[C@H](N)c2ccccc2)c1. The van der Waals surface area contributed by atoms with E-state index in [1.165, 1.54) is 5.56 Å². The van der Waals surface area contributed by atoms with Gasteiger partial charge in [-0.15, -0.1) is 0 Å². The third-order valence-electron chi connectivity index (χ3n) is 3.04. The molecule has 2 aromatic carbocycles. The lowest BCUT2D eigenvalue weighted by molar-refractivity contribution is -0.117. The molecule has 2 rings (SSSR count). The zero-order valence-corrected chi connectivity index (χ0v) is 11.0. The minimum absolute atomic E-state index is 0.195. The second kappa shape index (κ2) is 6.16. The number of nitrogens with two attached hydrogens (primary N) is 1. The second-order valence-corrected chi connectivity index (χ2v) is 4.43. The molecule has 0 fully saturated rings. The highest BCUT2D eigenvalue weighted by Crippen LogP contribution is 2.15. The highest BCUT2D eigenvalue weighted by atomic mass is 16.2. The highest BCUT2D eigenvalue weighted by Gasteiger charge is 2.15. The van der Waals surface area contributed by atoms with Crippen molar-refractivity contribution in [3.8, 4) is 0 Å². The lowest BCUT2D eigenvalue weighted by Gasteiger charge is -2.13.